The van der Waals surface area contributed by atoms with Gasteiger partial charge >= 0.3 is 0 Å². The summed E-state index contributed by atoms with van der Waals surface area (Å²) < 4.78 is 0. The summed E-state index contributed by atoms with van der Waals surface area (Å²) in [4.78, 5) is 13.1. The second kappa shape index (κ2) is 15.2. The van der Waals surface area contributed by atoms with Crippen molar-refractivity contribution < 1.29 is 0 Å². The molecule has 52 heavy (non-hydrogen) atoms. The minimum atomic E-state index is 1.02. The maximum atomic E-state index is 4.35. The Morgan fingerprint density at radius 1 is 0.288 bits per heavy atom. The van der Waals surface area contributed by atoms with Crippen LogP contribution in [0.2, 0.25) is 0 Å². The summed E-state index contributed by atoms with van der Waals surface area (Å²) in [6.07, 6.45) is 11.7. The van der Waals surface area contributed by atoms with E-state index in [1.54, 1.807) is 12.4 Å². The van der Waals surface area contributed by atoms with Crippen molar-refractivity contribution in [2.75, 3.05) is 9.80 Å². The summed E-state index contributed by atoms with van der Waals surface area (Å²) in [6.45, 7) is 0. The molecule has 0 aliphatic heterocycles. The van der Waals surface area contributed by atoms with E-state index in [2.05, 4.69) is 190 Å². The third kappa shape index (κ3) is 7.28. The van der Waals surface area contributed by atoms with Crippen LogP contribution in [0.15, 0.2) is 207 Å². The van der Waals surface area contributed by atoms with Crippen LogP contribution >= 0.6 is 0 Å². The number of hydrogen-bond acceptors (Lipinski definition) is 4. The van der Waals surface area contributed by atoms with Gasteiger partial charge in [-0.1, -0.05) is 121 Å². The highest BCUT2D eigenvalue weighted by Crippen LogP contribution is 2.36. The lowest BCUT2D eigenvalue weighted by atomic mass is 10.0. The zero-order chi connectivity index (χ0) is 35.0. The van der Waals surface area contributed by atoms with Gasteiger partial charge in [0.05, 0.1) is 23.8 Å². The predicted molar refractivity (Wildman–Crippen MR) is 218 cm³/mol. The fourth-order valence-corrected chi connectivity index (χ4v) is 6.39. The number of anilines is 6. The van der Waals surface area contributed by atoms with Crippen molar-refractivity contribution in [3.05, 3.63) is 218 Å². The Kier molecular flexibility index (Phi) is 9.43. The summed E-state index contributed by atoms with van der Waals surface area (Å²) in [7, 11) is 0. The lowest BCUT2D eigenvalue weighted by molar-refractivity contribution is 1.23. The quantitative estimate of drug-likeness (QED) is 0.136. The van der Waals surface area contributed by atoms with Gasteiger partial charge in [-0.15, -0.1) is 0 Å². The van der Waals surface area contributed by atoms with Gasteiger partial charge in [-0.3, -0.25) is 9.97 Å². The van der Waals surface area contributed by atoms with Crippen LogP contribution in [-0.4, -0.2) is 9.97 Å². The Morgan fingerprint density at radius 2 is 0.596 bits per heavy atom. The minimum absolute atomic E-state index is 1.02. The summed E-state index contributed by atoms with van der Waals surface area (Å²) >= 11 is 0. The van der Waals surface area contributed by atoms with Crippen LogP contribution in [0.4, 0.5) is 34.1 Å². The van der Waals surface area contributed by atoms with E-state index in [-0.39, 0.29) is 0 Å². The Bertz CT molecular complexity index is 2090. The van der Waals surface area contributed by atoms with Crippen LogP contribution in [0.25, 0.3) is 34.4 Å². The van der Waals surface area contributed by atoms with Gasteiger partial charge in [0.1, 0.15) is 0 Å². The number of nitrogens with zero attached hydrogens (tertiary/aromatic N) is 4. The molecule has 0 N–H and O–H groups in total. The van der Waals surface area contributed by atoms with E-state index in [1.165, 1.54) is 22.3 Å². The Balaban J connectivity index is 0.938. The molecule has 8 aromatic rings. The monoisotopic (exact) mass is 668 g/mol. The molecule has 0 amide bonds. The van der Waals surface area contributed by atoms with Crippen LogP contribution in [-0.2, 0) is 0 Å². The van der Waals surface area contributed by atoms with Crippen LogP contribution in [0.1, 0.15) is 11.1 Å². The third-order valence-electron chi connectivity index (χ3n) is 9.04. The van der Waals surface area contributed by atoms with E-state index in [1.807, 2.05) is 36.7 Å². The number of pyridine rings is 2. The normalized spacial score (nSPS) is 11.0. The topological polar surface area (TPSA) is 32.3 Å². The molecule has 0 aliphatic carbocycles. The average Bonchev–Trinajstić information content (AvgIpc) is 3.23. The van der Waals surface area contributed by atoms with Gasteiger partial charge in [0.25, 0.3) is 0 Å². The highest BCUT2D eigenvalue weighted by Gasteiger charge is 2.14. The molecule has 8 rings (SSSR count). The first-order valence-electron chi connectivity index (χ1n) is 17.4. The molecule has 0 unspecified atom stereocenters. The predicted octanol–water partition coefficient (Wildman–Crippen LogP) is 12.9. The summed E-state index contributed by atoms with van der Waals surface area (Å²) in [6, 6.07) is 63.7. The first-order chi connectivity index (χ1) is 25.8. The van der Waals surface area contributed by atoms with Gasteiger partial charge < -0.3 is 9.80 Å². The number of hydrogen-bond donors (Lipinski definition) is 0. The lowest BCUT2D eigenvalue weighted by Crippen LogP contribution is -2.09. The number of rotatable bonds is 10. The van der Waals surface area contributed by atoms with E-state index >= 15 is 0 Å². The second-order valence-electron chi connectivity index (χ2n) is 12.4. The standard InChI is InChI=1S/C48H36N4/c1-3-9-43(10-4-1)51(47-13-7-33-49-35-47)45-29-25-41(26-30-45)39-21-17-37(18-22-39)15-16-38-19-23-40(24-20-38)42-27-31-46(32-28-42)52(44-11-5-2-6-12-44)48-14-8-34-50-36-48/h1-36H/b16-15+. The highest BCUT2D eigenvalue weighted by atomic mass is 15.2. The molecule has 0 radical (unpaired) electrons. The molecule has 2 heterocycles. The van der Waals surface area contributed by atoms with Crippen molar-refractivity contribution in [2.24, 2.45) is 0 Å². The number of para-hydroxylation sites is 2. The van der Waals surface area contributed by atoms with Gasteiger partial charge in [-0.25, -0.2) is 0 Å². The van der Waals surface area contributed by atoms with E-state index in [4.69, 9.17) is 0 Å². The molecule has 0 spiro atoms. The first-order valence-corrected chi connectivity index (χ1v) is 17.4. The summed E-state index contributed by atoms with van der Waals surface area (Å²) in [5.41, 5.74) is 13.4. The molecule has 248 valence electrons. The Morgan fingerprint density at radius 3 is 0.923 bits per heavy atom. The van der Waals surface area contributed by atoms with Gasteiger partial charge in [-0.2, -0.15) is 0 Å². The van der Waals surface area contributed by atoms with E-state index in [0.717, 1.165) is 45.3 Å². The smallest absolute Gasteiger partial charge is 0.0644 e. The van der Waals surface area contributed by atoms with Crippen LogP contribution < -0.4 is 9.80 Å². The third-order valence-corrected chi connectivity index (χ3v) is 9.04. The van der Waals surface area contributed by atoms with E-state index < -0.39 is 0 Å². The maximum Gasteiger partial charge on any atom is 0.0644 e. The van der Waals surface area contributed by atoms with Crippen molar-refractivity contribution in [1.82, 2.24) is 9.97 Å². The molecule has 6 aromatic carbocycles. The van der Waals surface area contributed by atoms with Crippen molar-refractivity contribution in [2.45, 2.75) is 0 Å². The highest BCUT2D eigenvalue weighted by molar-refractivity contribution is 5.80. The number of benzene rings is 6. The molecule has 2 aromatic heterocycles. The molecular weight excluding hydrogens is 633 g/mol. The molecule has 0 aliphatic rings. The molecule has 0 fully saturated rings. The average molecular weight is 669 g/mol. The van der Waals surface area contributed by atoms with E-state index in [9.17, 15) is 0 Å². The van der Waals surface area contributed by atoms with Gasteiger partial charge in [0, 0.05) is 35.1 Å². The van der Waals surface area contributed by atoms with Crippen LogP contribution in [0.5, 0.6) is 0 Å². The van der Waals surface area contributed by atoms with E-state index in [0.29, 0.717) is 0 Å². The fourth-order valence-electron chi connectivity index (χ4n) is 6.39. The maximum absolute atomic E-state index is 4.35. The molecule has 0 bridgehead atoms. The first kappa shape index (κ1) is 32.2. The second-order valence-corrected chi connectivity index (χ2v) is 12.4. The lowest BCUT2D eigenvalue weighted by Gasteiger charge is -2.25. The molecule has 0 saturated carbocycles. The molecule has 0 saturated heterocycles. The molecular formula is C48H36N4. The summed E-state index contributed by atoms with van der Waals surface area (Å²) in [5.74, 6) is 0. The molecule has 4 nitrogen and oxygen atoms in total. The molecule has 0 atom stereocenters. The zero-order valence-electron chi connectivity index (χ0n) is 28.6. The minimum Gasteiger partial charge on any atom is -0.309 e. The SMILES string of the molecule is C(=C\c1ccc(-c2ccc(N(c3ccccc3)c3cccnc3)cc2)cc1)/c1ccc(-c2ccc(N(c3ccccc3)c3cccnc3)cc2)cc1. The van der Waals surface area contributed by atoms with Crippen molar-refractivity contribution in [3.63, 3.8) is 0 Å². The van der Waals surface area contributed by atoms with Crippen molar-refractivity contribution in [1.29, 1.82) is 0 Å². The Hall–Kier alpha value is -7.04. The largest absolute Gasteiger partial charge is 0.309 e. The van der Waals surface area contributed by atoms with Gasteiger partial charge in [-0.05, 0) is 106 Å². The zero-order valence-corrected chi connectivity index (χ0v) is 28.6. The van der Waals surface area contributed by atoms with Crippen molar-refractivity contribution >= 4 is 46.3 Å². The van der Waals surface area contributed by atoms with Gasteiger partial charge in [0.2, 0.25) is 0 Å². The van der Waals surface area contributed by atoms with Gasteiger partial charge in [0.15, 0.2) is 0 Å². The Labute approximate surface area is 305 Å². The summed E-state index contributed by atoms with van der Waals surface area (Å²) in [5, 5.41) is 0. The van der Waals surface area contributed by atoms with Crippen LogP contribution in [0, 0.1) is 0 Å². The van der Waals surface area contributed by atoms with Crippen LogP contribution in [0.3, 0.4) is 0 Å². The van der Waals surface area contributed by atoms with Crippen molar-refractivity contribution in [3.8, 4) is 22.3 Å². The number of aromatic nitrogens is 2. The molecule has 4 heteroatoms. The fraction of sp³-hybridized carbons (Fsp3) is 0.